The van der Waals surface area contributed by atoms with Gasteiger partial charge in [-0.25, -0.2) is 0 Å². The van der Waals surface area contributed by atoms with Crippen LogP contribution in [0.3, 0.4) is 0 Å². The van der Waals surface area contributed by atoms with E-state index in [1.807, 2.05) is 23.1 Å². The lowest BCUT2D eigenvalue weighted by Gasteiger charge is -2.30. The highest BCUT2D eigenvalue weighted by molar-refractivity contribution is 5.79. The molecule has 1 aromatic rings. The average Bonchev–Trinajstić information content (AvgIpc) is 2.55. The third kappa shape index (κ3) is 4.58. The van der Waals surface area contributed by atoms with Crippen molar-refractivity contribution < 1.29 is 9.59 Å². The minimum Gasteiger partial charge on any atom is -0.356 e. The van der Waals surface area contributed by atoms with Crippen molar-refractivity contribution in [2.75, 3.05) is 19.6 Å². The molecule has 0 aliphatic carbocycles. The van der Waals surface area contributed by atoms with Gasteiger partial charge < -0.3 is 10.2 Å². The van der Waals surface area contributed by atoms with Gasteiger partial charge in [-0.1, -0.05) is 37.3 Å². The fourth-order valence-corrected chi connectivity index (χ4v) is 2.96. The highest BCUT2D eigenvalue weighted by atomic mass is 16.2. The molecule has 0 bridgehead atoms. The number of hydrogen-bond donors (Lipinski definition) is 1. The number of carbonyl (C=O) groups is 2. The summed E-state index contributed by atoms with van der Waals surface area (Å²) < 4.78 is 0. The molecule has 1 heterocycles. The lowest BCUT2D eigenvalue weighted by molar-refractivity contribution is -0.133. The Labute approximate surface area is 132 Å². The average molecular weight is 302 g/mol. The summed E-state index contributed by atoms with van der Waals surface area (Å²) in [6.07, 6.45) is 2.50. The van der Waals surface area contributed by atoms with Crippen LogP contribution in [0.25, 0.3) is 0 Å². The summed E-state index contributed by atoms with van der Waals surface area (Å²) in [4.78, 5) is 25.3. The first-order valence-corrected chi connectivity index (χ1v) is 8.16. The Bertz CT molecular complexity index is 493. The molecule has 2 rings (SSSR count). The number of benzene rings is 1. The molecule has 0 radical (unpaired) electrons. The highest BCUT2D eigenvalue weighted by Crippen LogP contribution is 2.19. The maximum atomic E-state index is 12.2. The summed E-state index contributed by atoms with van der Waals surface area (Å²) in [5, 5.41) is 3.05. The van der Waals surface area contributed by atoms with Gasteiger partial charge in [0, 0.05) is 32.5 Å². The second-order valence-corrected chi connectivity index (χ2v) is 6.17. The molecule has 0 aromatic heterocycles. The Balaban J connectivity index is 1.69. The Morgan fingerprint density at radius 1 is 1.23 bits per heavy atom. The zero-order chi connectivity index (χ0) is 15.9. The lowest BCUT2D eigenvalue weighted by atomic mass is 9.95. The molecular weight excluding hydrogens is 276 g/mol. The second-order valence-electron chi connectivity index (χ2n) is 6.17. The fourth-order valence-electron chi connectivity index (χ4n) is 2.96. The van der Waals surface area contributed by atoms with Crippen LogP contribution in [-0.4, -0.2) is 36.3 Å². The molecule has 1 aromatic carbocycles. The maximum Gasteiger partial charge on any atom is 0.223 e. The molecule has 0 unspecified atom stereocenters. The number of carbonyl (C=O) groups excluding carboxylic acids is 2. The van der Waals surface area contributed by atoms with E-state index in [0.29, 0.717) is 25.6 Å². The van der Waals surface area contributed by atoms with Gasteiger partial charge in [0.05, 0.1) is 0 Å². The van der Waals surface area contributed by atoms with Gasteiger partial charge in [-0.2, -0.15) is 0 Å². The van der Waals surface area contributed by atoms with E-state index < -0.39 is 0 Å². The van der Waals surface area contributed by atoms with E-state index >= 15 is 0 Å². The topological polar surface area (TPSA) is 49.4 Å². The van der Waals surface area contributed by atoms with E-state index in [1.165, 1.54) is 5.56 Å². The van der Waals surface area contributed by atoms with Crippen molar-refractivity contribution in [3.8, 4) is 0 Å². The van der Waals surface area contributed by atoms with Crippen molar-refractivity contribution in [2.24, 2.45) is 5.92 Å². The van der Waals surface area contributed by atoms with Crippen LogP contribution in [-0.2, 0) is 9.59 Å². The normalized spacial score (nSPS) is 17.1. The third-order valence-electron chi connectivity index (χ3n) is 4.56. The van der Waals surface area contributed by atoms with Gasteiger partial charge in [0.1, 0.15) is 0 Å². The van der Waals surface area contributed by atoms with Crippen LogP contribution >= 0.6 is 0 Å². The molecule has 1 atom stereocenters. The monoisotopic (exact) mass is 302 g/mol. The van der Waals surface area contributed by atoms with E-state index in [9.17, 15) is 9.59 Å². The second kappa shape index (κ2) is 7.97. The van der Waals surface area contributed by atoms with Crippen molar-refractivity contribution in [2.45, 2.75) is 39.0 Å². The smallest absolute Gasteiger partial charge is 0.223 e. The number of amides is 2. The van der Waals surface area contributed by atoms with E-state index in [2.05, 4.69) is 24.4 Å². The van der Waals surface area contributed by atoms with Crippen LogP contribution in [0.2, 0.25) is 0 Å². The molecule has 1 N–H and O–H groups in total. The third-order valence-corrected chi connectivity index (χ3v) is 4.56. The Kier molecular flexibility index (Phi) is 5.99. The predicted octanol–water partition coefficient (Wildman–Crippen LogP) is 2.55. The Hall–Kier alpha value is -1.84. The number of piperidine rings is 1. The predicted molar refractivity (Wildman–Crippen MR) is 87.5 cm³/mol. The van der Waals surface area contributed by atoms with Gasteiger partial charge in [-0.3, -0.25) is 9.59 Å². The minimum atomic E-state index is 0.0580. The van der Waals surface area contributed by atoms with Crippen LogP contribution in [0, 0.1) is 5.92 Å². The maximum absolute atomic E-state index is 12.2. The Morgan fingerprint density at radius 3 is 2.45 bits per heavy atom. The zero-order valence-corrected chi connectivity index (χ0v) is 13.5. The number of nitrogens with one attached hydrogen (secondary N) is 1. The molecule has 22 heavy (non-hydrogen) atoms. The number of nitrogens with zero attached hydrogens (tertiary/aromatic N) is 1. The molecule has 1 aliphatic rings. The van der Waals surface area contributed by atoms with Crippen LogP contribution in [0.1, 0.15) is 44.6 Å². The lowest BCUT2D eigenvalue weighted by Crippen LogP contribution is -2.42. The Morgan fingerprint density at radius 2 is 1.86 bits per heavy atom. The van der Waals surface area contributed by atoms with Crippen LogP contribution in [0.5, 0.6) is 0 Å². The van der Waals surface area contributed by atoms with Gasteiger partial charge in [-0.15, -0.1) is 0 Å². The van der Waals surface area contributed by atoms with Crippen LogP contribution < -0.4 is 5.32 Å². The van der Waals surface area contributed by atoms with E-state index in [0.717, 1.165) is 19.3 Å². The molecular formula is C18H26N2O2. The van der Waals surface area contributed by atoms with Crippen LogP contribution in [0.15, 0.2) is 30.3 Å². The summed E-state index contributed by atoms with van der Waals surface area (Å²) in [6.45, 7) is 5.89. The van der Waals surface area contributed by atoms with Crippen molar-refractivity contribution >= 4 is 11.8 Å². The highest BCUT2D eigenvalue weighted by Gasteiger charge is 2.25. The molecule has 0 saturated carbocycles. The van der Waals surface area contributed by atoms with Gasteiger partial charge in [-0.05, 0) is 30.7 Å². The number of rotatable bonds is 5. The SMILES string of the molecule is CC(=O)N1CCC(C(=O)NCC[C@@H](C)c2ccccc2)CC1. The van der Waals surface area contributed by atoms with Gasteiger partial charge >= 0.3 is 0 Å². The van der Waals surface area contributed by atoms with Gasteiger partial charge in [0.15, 0.2) is 0 Å². The summed E-state index contributed by atoms with van der Waals surface area (Å²) in [5.74, 6) is 0.752. The molecule has 1 aliphatic heterocycles. The molecule has 4 heteroatoms. The minimum absolute atomic E-state index is 0.0580. The van der Waals surface area contributed by atoms with Crippen molar-refractivity contribution in [3.63, 3.8) is 0 Å². The number of hydrogen-bond acceptors (Lipinski definition) is 2. The van der Waals surface area contributed by atoms with Crippen LogP contribution in [0.4, 0.5) is 0 Å². The first kappa shape index (κ1) is 16.5. The summed E-state index contributed by atoms with van der Waals surface area (Å²) in [7, 11) is 0. The molecule has 120 valence electrons. The molecule has 0 spiro atoms. The van der Waals surface area contributed by atoms with Crippen molar-refractivity contribution in [3.05, 3.63) is 35.9 Å². The van der Waals surface area contributed by atoms with E-state index in [4.69, 9.17) is 0 Å². The summed E-state index contributed by atoms with van der Waals surface area (Å²) in [6, 6.07) is 10.4. The summed E-state index contributed by atoms with van der Waals surface area (Å²) >= 11 is 0. The first-order valence-electron chi connectivity index (χ1n) is 8.16. The fraction of sp³-hybridized carbons (Fsp3) is 0.556. The quantitative estimate of drug-likeness (QED) is 0.909. The van der Waals surface area contributed by atoms with Crippen molar-refractivity contribution in [1.29, 1.82) is 0 Å². The molecule has 1 fully saturated rings. The van der Waals surface area contributed by atoms with E-state index in [-0.39, 0.29) is 17.7 Å². The van der Waals surface area contributed by atoms with Gasteiger partial charge in [0.25, 0.3) is 0 Å². The van der Waals surface area contributed by atoms with E-state index in [1.54, 1.807) is 6.92 Å². The van der Waals surface area contributed by atoms with Gasteiger partial charge in [0.2, 0.25) is 11.8 Å². The molecule has 4 nitrogen and oxygen atoms in total. The molecule has 2 amide bonds. The van der Waals surface area contributed by atoms with Crippen molar-refractivity contribution in [1.82, 2.24) is 10.2 Å². The summed E-state index contributed by atoms with van der Waals surface area (Å²) in [5.41, 5.74) is 1.31. The standard InChI is InChI=1S/C18H26N2O2/c1-14(16-6-4-3-5-7-16)8-11-19-18(22)17-9-12-20(13-10-17)15(2)21/h3-7,14,17H,8-13H2,1-2H3,(H,19,22)/t14-/m1/s1. The first-order chi connectivity index (χ1) is 10.6. The number of likely N-dealkylation sites (tertiary alicyclic amines) is 1. The molecule has 1 saturated heterocycles. The largest absolute Gasteiger partial charge is 0.356 e. The zero-order valence-electron chi connectivity index (χ0n) is 13.5.